The highest BCUT2D eigenvalue weighted by molar-refractivity contribution is 6.02. The second-order valence-electron chi connectivity index (χ2n) is 10.0. The molecule has 246 valence electrons. The first-order valence-corrected chi connectivity index (χ1v) is 13.9. The summed E-state index contributed by atoms with van der Waals surface area (Å²) >= 11 is 0. The number of hydrogen-bond acceptors (Lipinski definition) is 11. The Kier molecular flexibility index (Phi) is 11.5. The Hall–Kier alpha value is -5.84. The quantitative estimate of drug-likeness (QED) is 0.0964. The van der Waals surface area contributed by atoms with Crippen molar-refractivity contribution in [2.24, 2.45) is 14.1 Å². The van der Waals surface area contributed by atoms with E-state index in [1.54, 1.807) is 4.90 Å². The number of hydrogen-bond donors (Lipinski definition) is 8. The smallest absolute Gasteiger partial charge is 0.293 e. The molecule has 17 nitrogen and oxygen atoms in total. The molecule has 0 saturated heterocycles. The van der Waals surface area contributed by atoms with Crippen molar-refractivity contribution in [3.8, 4) is 23.0 Å². The lowest BCUT2D eigenvalue weighted by atomic mass is 10.1. The molecule has 2 heterocycles. The van der Waals surface area contributed by atoms with Gasteiger partial charge in [-0.05, 0) is 24.3 Å². The Bertz CT molecular complexity index is 1680. The molecule has 0 aliphatic rings. The Balaban J connectivity index is 1.65. The van der Waals surface area contributed by atoms with Gasteiger partial charge in [-0.15, -0.1) is 0 Å². The van der Waals surface area contributed by atoms with E-state index in [0.717, 1.165) is 9.13 Å². The van der Waals surface area contributed by atoms with Crippen molar-refractivity contribution in [1.29, 1.82) is 0 Å². The molecule has 0 spiro atoms. The largest absolute Gasteiger partial charge is 0.504 e. The normalized spacial score (nSPS) is 10.8. The van der Waals surface area contributed by atoms with E-state index in [2.05, 4.69) is 21.3 Å². The van der Waals surface area contributed by atoms with Gasteiger partial charge in [-0.1, -0.05) is 0 Å². The second kappa shape index (κ2) is 15.2. The maximum atomic E-state index is 12.7. The summed E-state index contributed by atoms with van der Waals surface area (Å²) in [5.74, 6) is -5.77. The van der Waals surface area contributed by atoms with E-state index >= 15 is 0 Å². The number of pyridine rings is 2. The number of nitrogens with one attached hydrogen (secondary N) is 4. The summed E-state index contributed by atoms with van der Waals surface area (Å²) in [6.45, 7) is 0.569. The second-order valence-corrected chi connectivity index (χ2v) is 10.0. The molecule has 0 atom stereocenters. The highest BCUT2D eigenvalue weighted by Crippen LogP contribution is 2.32. The summed E-state index contributed by atoms with van der Waals surface area (Å²) in [6, 6.07) is 4.93. The van der Waals surface area contributed by atoms with Crippen LogP contribution in [0.4, 0.5) is 0 Å². The lowest BCUT2D eigenvalue weighted by Crippen LogP contribution is -2.43. The average molecular weight is 642 g/mol. The number of carbonyl (C=O) groups is 4. The van der Waals surface area contributed by atoms with Crippen LogP contribution in [0.25, 0.3) is 0 Å². The third kappa shape index (κ3) is 8.00. The van der Waals surface area contributed by atoms with Crippen molar-refractivity contribution >= 4 is 23.6 Å². The molecule has 0 fully saturated rings. The Morgan fingerprint density at radius 3 is 1.26 bits per heavy atom. The fourth-order valence-electron chi connectivity index (χ4n) is 4.28. The third-order valence-electron chi connectivity index (χ3n) is 6.98. The van der Waals surface area contributed by atoms with Crippen LogP contribution in [0, 0.1) is 0 Å². The van der Waals surface area contributed by atoms with Crippen molar-refractivity contribution in [2.75, 3.05) is 46.3 Å². The average Bonchev–Trinajstić information content (AvgIpc) is 3.03. The number of phenols is 2. The van der Waals surface area contributed by atoms with Gasteiger partial charge in [0.2, 0.25) is 0 Å². The van der Waals surface area contributed by atoms with Crippen LogP contribution in [-0.2, 0) is 14.1 Å². The van der Waals surface area contributed by atoms with Crippen molar-refractivity contribution in [1.82, 2.24) is 35.3 Å². The summed E-state index contributed by atoms with van der Waals surface area (Å²) in [5.41, 5.74) is -2.42. The van der Waals surface area contributed by atoms with Crippen LogP contribution in [0.15, 0.2) is 46.2 Å². The number of aryl methyl sites for hydroxylation is 2. The SMILES string of the molecule is CNC(=O)c1ccc(C(=O)NCCN(CCNC(=O)c2ccn(C)c(=O)c2O)CCNC(=O)c2ccn(C)c(=O)c2O)c(O)c1O. The maximum absolute atomic E-state index is 12.7. The molecule has 1 aromatic carbocycles. The molecule has 3 aromatic rings. The topological polar surface area (TPSA) is 245 Å². The van der Waals surface area contributed by atoms with Crippen molar-refractivity contribution in [3.05, 3.63) is 79.6 Å². The fraction of sp³-hybridized carbons (Fsp3) is 0.310. The summed E-state index contributed by atoms with van der Waals surface area (Å²) < 4.78 is 2.22. The van der Waals surface area contributed by atoms with Crippen LogP contribution in [-0.4, -0.2) is 104 Å². The van der Waals surface area contributed by atoms with Gasteiger partial charge < -0.3 is 50.8 Å². The van der Waals surface area contributed by atoms with Gasteiger partial charge in [0, 0.05) is 72.8 Å². The molecule has 4 amide bonds. The van der Waals surface area contributed by atoms with Crippen molar-refractivity contribution in [2.45, 2.75) is 0 Å². The lowest BCUT2D eigenvalue weighted by Gasteiger charge is -2.23. The van der Waals surface area contributed by atoms with E-state index in [9.17, 15) is 49.2 Å². The van der Waals surface area contributed by atoms with E-state index in [4.69, 9.17) is 0 Å². The van der Waals surface area contributed by atoms with Gasteiger partial charge in [-0.25, -0.2) is 0 Å². The molecular weight excluding hydrogens is 606 g/mol. The first-order valence-electron chi connectivity index (χ1n) is 13.9. The molecular formula is C29H35N7O10. The number of nitrogens with zero attached hydrogens (tertiary/aromatic N) is 3. The van der Waals surface area contributed by atoms with Gasteiger partial charge in [0.1, 0.15) is 0 Å². The van der Waals surface area contributed by atoms with Gasteiger partial charge >= 0.3 is 0 Å². The van der Waals surface area contributed by atoms with Crippen molar-refractivity contribution in [3.63, 3.8) is 0 Å². The minimum absolute atomic E-state index is 0.00313. The van der Waals surface area contributed by atoms with E-state index in [1.165, 1.54) is 57.8 Å². The monoisotopic (exact) mass is 641 g/mol. The third-order valence-corrected chi connectivity index (χ3v) is 6.98. The van der Waals surface area contributed by atoms with E-state index < -0.39 is 57.7 Å². The Labute approximate surface area is 261 Å². The van der Waals surface area contributed by atoms with Gasteiger partial charge in [0.25, 0.3) is 34.7 Å². The Morgan fingerprint density at radius 2 is 0.913 bits per heavy atom. The van der Waals surface area contributed by atoms with Crippen LogP contribution in [0.5, 0.6) is 23.0 Å². The first kappa shape index (κ1) is 34.6. The summed E-state index contributed by atoms with van der Waals surface area (Å²) in [6.07, 6.45) is 2.66. The minimum atomic E-state index is -0.779. The number of rotatable bonds is 13. The number of benzene rings is 1. The molecule has 0 bridgehead atoms. The molecule has 0 saturated carbocycles. The number of amides is 4. The van der Waals surface area contributed by atoms with Crippen LogP contribution < -0.4 is 32.4 Å². The van der Waals surface area contributed by atoms with E-state index in [-0.39, 0.29) is 61.5 Å². The van der Waals surface area contributed by atoms with Gasteiger partial charge in [0.15, 0.2) is 23.0 Å². The fourth-order valence-corrected chi connectivity index (χ4v) is 4.28. The number of phenolic OH excluding ortho intramolecular Hbond substituents is 2. The molecule has 2 aromatic heterocycles. The summed E-state index contributed by atoms with van der Waals surface area (Å²) in [5, 5.41) is 50.6. The molecule has 0 aliphatic heterocycles. The molecule has 46 heavy (non-hydrogen) atoms. The minimum Gasteiger partial charge on any atom is -0.504 e. The summed E-state index contributed by atoms with van der Waals surface area (Å²) in [4.78, 5) is 75.4. The van der Waals surface area contributed by atoms with Crippen LogP contribution in [0.3, 0.4) is 0 Å². The highest BCUT2D eigenvalue weighted by atomic mass is 16.3. The maximum Gasteiger partial charge on any atom is 0.293 e. The predicted molar refractivity (Wildman–Crippen MR) is 163 cm³/mol. The van der Waals surface area contributed by atoms with Crippen LogP contribution in [0.2, 0.25) is 0 Å². The number of carbonyl (C=O) groups excluding carboxylic acids is 4. The van der Waals surface area contributed by atoms with Crippen LogP contribution >= 0.6 is 0 Å². The van der Waals surface area contributed by atoms with Gasteiger partial charge in [0.05, 0.1) is 22.3 Å². The van der Waals surface area contributed by atoms with Gasteiger partial charge in [-0.2, -0.15) is 0 Å². The van der Waals surface area contributed by atoms with E-state index in [0.29, 0.717) is 0 Å². The zero-order valence-electron chi connectivity index (χ0n) is 25.3. The van der Waals surface area contributed by atoms with Crippen LogP contribution in [0.1, 0.15) is 41.4 Å². The number of aromatic hydroxyl groups is 4. The molecule has 0 radical (unpaired) electrons. The first-order chi connectivity index (χ1) is 21.8. The molecule has 17 heteroatoms. The lowest BCUT2D eigenvalue weighted by molar-refractivity contribution is 0.0933. The zero-order valence-corrected chi connectivity index (χ0v) is 25.3. The highest BCUT2D eigenvalue weighted by Gasteiger charge is 2.21. The summed E-state index contributed by atoms with van der Waals surface area (Å²) in [7, 11) is 4.17. The Morgan fingerprint density at radius 1 is 0.587 bits per heavy atom. The molecule has 3 rings (SSSR count). The van der Waals surface area contributed by atoms with Crippen molar-refractivity contribution < 1.29 is 39.6 Å². The predicted octanol–water partition coefficient (Wildman–Crippen LogP) is -1.84. The molecule has 0 unspecified atom stereocenters. The number of aromatic nitrogens is 2. The standard InChI is InChI=1S/C29H35N7O10/c1-30-24(41)16-4-5-17(21(38)20(16)37)25(42)31-8-13-36(14-9-32-26(43)18-6-11-34(2)28(45)22(18)39)15-10-33-27(44)19-7-12-35(3)29(46)23(19)40/h4-7,11-12,37-40H,8-10,13-15H2,1-3H3,(H,30,41)(H,31,42)(H,32,43)(H,33,44). The molecule has 0 aliphatic carbocycles. The zero-order chi connectivity index (χ0) is 34.1. The molecule has 8 N–H and O–H groups in total. The van der Waals surface area contributed by atoms with Gasteiger partial charge in [-0.3, -0.25) is 33.7 Å². The van der Waals surface area contributed by atoms with E-state index in [1.807, 2.05) is 0 Å².